The van der Waals surface area contributed by atoms with Crippen molar-refractivity contribution in [1.29, 1.82) is 0 Å². The largest absolute Gasteiger partial charge is 0.309 e. The highest BCUT2D eigenvalue weighted by Crippen LogP contribution is 2.29. The molecule has 0 aromatic carbocycles. The van der Waals surface area contributed by atoms with Gasteiger partial charge in [0.25, 0.3) is 0 Å². The molecule has 0 aromatic heterocycles. The lowest BCUT2D eigenvalue weighted by Crippen LogP contribution is -2.05. The van der Waals surface area contributed by atoms with Gasteiger partial charge in [-0.25, -0.2) is 0 Å². The highest BCUT2D eigenvalue weighted by atomic mass is 14.9. The lowest BCUT2D eigenvalue weighted by atomic mass is 9.91. The van der Waals surface area contributed by atoms with E-state index in [1.54, 1.807) is 11.1 Å². The van der Waals surface area contributed by atoms with Crippen LogP contribution in [0.15, 0.2) is 35.5 Å². The minimum atomic E-state index is 1.08. The maximum absolute atomic E-state index is 3.79. The third kappa shape index (κ3) is 1.25. The van der Waals surface area contributed by atoms with Gasteiger partial charge in [-0.15, -0.1) is 6.58 Å². The van der Waals surface area contributed by atoms with Crippen molar-refractivity contribution in [3.8, 4) is 0 Å². The second-order valence-corrected chi connectivity index (χ2v) is 3.45. The van der Waals surface area contributed by atoms with Crippen molar-refractivity contribution in [1.82, 2.24) is 5.32 Å². The van der Waals surface area contributed by atoms with Gasteiger partial charge in [-0.2, -0.15) is 0 Å². The van der Waals surface area contributed by atoms with Crippen LogP contribution in [0.3, 0.4) is 0 Å². The molecule has 1 saturated heterocycles. The molecular weight excluding hydrogens is 146 g/mol. The molecule has 1 N–H and O–H groups in total. The van der Waals surface area contributed by atoms with E-state index < -0.39 is 0 Å². The lowest BCUT2D eigenvalue weighted by molar-refractivity contribution is 0.879. The maximum atomic E-state index is 3.79. The van der Waals surface area contributed by atoms with Gasteiger partial charge in [-0.05, 0) is 30.4 Å². The van der Waals surface area contributed by atoms with E-state index in [0.717, 1.165) is 19.5 Å². The first-order valence-electron chi connectivity index (χ1n) is 4.63. The Morgan fingerprint density at radius 3 is 3.25 bits per heavy atom. The van der Waals surface area contributed by atoms with E-state index in [1.807, 2.05) is 6.08 Å². The highest BCUT2D eigenvalue weighted by Gasteiger charge is 2.18. The van der Waals surface area contributed by atoms with Crippen molar-refractivity contribution >= 4 is 0 Å². The van der Waals surface area contributed by atoms with E-state index >= 15 is 0 Å². The fraction of sp³-hybridized carbons (Fsp3) is 0.455. The SMILES string of the molecule is C=CCC1=C2CNCC2=CCC1. The van der Waals surface area contributed by atoms with Crippen LogP contribution in [0.5, 0.6) is 0 Å². The Morgan fingerprint density at radius 2 is 2.42 bits per heavy atom. The molecule has 1 aliphatic heterocycles. The van der Waals surface area contributed by atoms with Crippen molar-refractivity contribution in [2.45, 2.75) is 19.3 Å². The maximum Gasteiger partial charge on any atom is 0.0211 e. The topological polar surface area (TPSA) is 12.0 Å². The second kappa shape index (κ2) is 3.28. The van der Waals surface area contributed by atoms with Gasteiger partial charge in [0.15, 0.2) is 0 Å². The van der Waals surface area contributed by atoms with E-state index in [-0.39, 0.29) is 0 Å². The summed E-state index contributed by atoms with van der Waals surface area (Å²) in [5, 5.41) is 3.39. The summed E-state index contributed by atoms with van der Waals surface area (Å²) in [4.78, 5) is 0. The van der Waals surface area contributed by atoms with Gasteiger partial charge in [-0.1, -0.05) is 17.7 Å². The number of fused-ring (bicyclic) bond motifs is 1. The summed E-state index contributed by atoms with van der Waals surface area (Å²) in [6.07, 6.45) is 7.94. The minimum Gasteiger partial charge on any atom is -0.309 e. The average molecular weight is 161 g/mol. The van der Waals surface area contributed by atoms with Gasteiger partial charge in [0.1, 0.15) is 0 Å². The third-order valence-corrected chi connectivity index (χ3v) is 2.66. The molecular formula is C11H15N. The molecule has 2 aliphatic rings. The Morgan fingerprint density at radius 1 is 1.50 bits per heavy atom. The molecule has 1 fully saturated rings. The van der Waals surface area contributed by atoms with Gasteiger partial charge >= 0.3 is 0 Å². The molecule has 1 heterocycles. The van der Waals surface area contributed by atoms with Crippen LogP contribution < -0.4 is 5.32 Å². The van der Waals surface area contributed by atoms with Gasteiger partial charge in [0.05, 0.1) is 0 Å². The molecule has 2 rings (SSSR count). The van der Waals surface area contributed by atoms with Crippen LogP contribution in [0.1, 0.15) is 19.3 Å². The fourth-order valence-corrected chi connectivity index (χ4v) is 2.06. The second-order valence-electron chi connectivity index (χ2n) is 3.45. The molecule has 0 radical (unpaired) electrons. The fourth-order valence-electron chi connectivity index (χ4n) is 2.06. The highest BCUT2D eigenvalue weighted by molar-refractivity contribution is 5.44. The lowest BCUT2D eigenvalue weighted by Gasteiger charge is -2.14. The Kier molecular flexibility index (Phi) is 2.13. The van der Waals surface area contributed by atoms with Crippen LogP contribution in [-0.4, -0.2) is 13.1 Å². The van der Waals surface area contributed by atoms with Crippen LogP contribution >= 0.6 is 0 Å². The molecule has 0 spiro atoms. The molecule has 12 heavy (non-hydrogen) atoms. The molecule has 0 bridgehead atoms. The zero-order chi connectivity index (χ0) is 8.39. The number of hydrogen-bond acceptors (Lipinski definition) is 1. The van der Waals surface area contributed by atoms with E-state index in [2.05, 4.69) is 18.0 Å². The quantitative estimate of drug-likeness (QED) is 0.612. The monoisotopic (exact) mass is 161 g/mol. The minimum absolute atomic E-state index is 1.08. The average Bonchev–Trinajstić information content (AvgIpc) is 2.53. The first-order chi connectivity index (χ1) is 5.92. The summed E-state index contributed by atoms with van der Waals surface area (Å²) >= 11 is 0. The number of allylic oxidation sites excluding steroid dienone is 3. The molecule has 0 unspecified atom stereocenters. The zero-order valence-corrected chi connectivity index (χ0v) is 7.40. The summed E-state index contributed by atoms with van der Waals surface area (Å²) in [6, 6.07) is 0. The molecule has 0 saturated carbocycles. The van der Waals surface area contributed by atoms with Gasteiger partial charge in [-0.3, -0.25) is 0 Å². The van der Waals surface area contributed by atoms with Crippen molar-refractivity contribution < 1.29 is 0 Å². The van der Waals surface area contributed by atoms with E-state index in [4.69, 9.17) is 0 Å². The molecule has 1 aliphatic carbocycles. The standard InChI is InChI=1S/C11H15N/c1-2-4-9-5-3-6-10-7-12-8-11(9)10/h2,6,12H,1,3-5,7-8H2. The summed E-state index contributed by atoms with van der Waals surface area (Å²) in [6.45, 7) is 5.95. The van der Waals surface area contributed by atoms with Crippen LogP contribution in [0.4, 0.5) is 0 Å². The Balaban J connectivity index is 2.27. The number of hydrogen-bond donors (Lipinski definition) is 1. The molecule has 0 amide bonds. The van der Waals surface area contributed by atoms with Crippen LogP contribution in [-0.2, 0) is 0 Å². The smallest absolute Gasteiger partial charge is 0.0211 e. The molecule has 0 aromatic rings. The van der Waals surface area contributed by atoms with Gasteiger partial charge in [0, 0.05) is 13.1 Å². The normalized spacial score (nSPS) is 22.2. The summed E-state index contributed by atoms with van der Waals surface area (Å²) < 4.78 is 0. The molecule has 0 atom stereocenters. The van der Waals surface area contributed by atoms with E-state index in [0.29, 0.717) is 0 Å². The third-order valence-electron chi connectivity index (χ3n) is 2.66. The zero-order valence-electron chi connectivity index (χ0n) is 7.40. The predicted octanol–water partition coefficient (Wildman–Crippen LogP) is 2.18. The first-order valence-corrected chi connectivity index (χ1v) is 4.63. The number of nitrogens with one attached hydrogen (secondary N) is 1. The van der Waals surface area contributed by atoms with Crippen LogP contribution in [0, 0.1) is 0 Å². The Bertz CT molecular complexity index is 258. The van der Waals surface area contributed by atoms with Crippen molar-refractivity contribution in [2.24, 2.45) is 0 Å². The summed E-state index contributed by atoms with van der Waals surface area (Å²) in [7, 11) is 0. The van der Waals surface area contributed by atoms with Crippen LogP contribution in [0.2, 0.25) is 0 Å². The Hall–Kier alpha value is -0.820. The molecule has 1 nitrogen and oxygen atoms in total. The van der Waals surface area contributed by atoms with Crippen molar-refractivity contribution in [3.63, 3.8) is 0 Å². The molecule has 64 valence electrons. The van der Waals surface area contributed by atoms with Gasteiger partial charge in [0.2, 0.25) is 0 Å². The van der Waals surface area contributed by atoms with Crippen molar-refractivity contribution in [3.05, 3.63) is 35.5 Å². The van der Waals surface area contributed by atoms with Crippen LogP contribution in [0.25, 0.3) is 0 Å². The number of rotatable bonds is 2. The van der Waals surface area contributed by atoms with E-state index in [9.17, 15) is 0 Å². The Labute approximate surface area is 73.9 Å². The summed E-state index contributed by atoms with van der Waals surface area (Å²) in [5.74, 6) is 0. The predicted molar refractivity (Wildman–Crippen MR) is 52.0 cm³/mol. The first kappa shape index (κ1) is 7.81. The summed E-state index contributed by atoms with van der Waals surface area (Å²) in [5.41, 5.74) is 4.71. The van der Waals surface area contributed by atoms with Crippen molar-refractivity contribution in [2.75, 3.05) is 13.1 Å². The van der Waals surface area contributed by atoms with Gasteiger partial charge < -0.3 is 5.32 Å². The van der Waals surface area contributed by atoms with E-state index in [1.165, 1.54) is 18.4 Å². The molecule has 1 heteroatoms.